The highest BCUT2D eigenvalue weighted by molar-refractivity contribution is 5.38. The normalized spacial score (nSPS) is 16.1. The van der Waals surface area contributed by atoms with Gasteiger partial charge in [-0.3, -0.25) is 5.43 Å². The van der Waals surface area contributed by atoms with Crippen LogP contribution in [0.5, 0.6) is 0 Å². The molecule has 6 heteroatoms. The average Bonchev–Trinajstić information content (AvgIpc) is 2.88. The van der Waals surface area contributed by atoms with Crippen molar-refractivity contribution in [2.75, 3.05) is 36.9 Å². The fourth-order valence-corrected chi connectivity index (χ4v) is 2.05. The van der Waals surface area contributed by atoms with Gasteiger partial charge in [-0.15, -0.1) is 0 Å². The smallest absolute Gasteiger partial charge is 0.239 e. The molecule has 2 heterocycles. The van der Waals surface area contributed by atoms with Crippen LogP contribution in [-0.2, 0) is 0 Å². The number of nitrogens with zero attached hydrogens (tertiary/aromatic N) is 3. The average molecular weight is 236 g/mol. The molecule has 0 radical (unpaired) electrons. The van der Waals surface area contributed by atoms with Crippen LogP contribution < -0.4 is 16.6 Å². The highest BCUT2D eigenvalue weighted by Gasteiger charge is 2.09. The van der Waals surface area contributed by atoms with Gasteiger partial charge in [0.1, 0.15) is 5.82 Å². The first-order valence-corrected chi connectivity index (χ1v) is 6.14. The molecule has 2 rings (SSSR count). The molecule has 1 aliphatic heterocycles. The Morgan fingerprint density at radius 3 is 2.94 bits per heavy atom. The van der Waals surface area contributed by atoms with Crippen LogP contribution in [0.2, 0.25) is 0 Å². The molecule has 0 atom stereocenters. The van der Waals surface area contributed by atoms with E-state index in [0.717, 1.165) is 18.8 Å². The van der Waals surface area contributed by atoms with E-state index in [0.29, 0.717) is 5.95 Å². The second-order valence-electron chi connectivity index (χ2n) is 4.24. The van der Waals surface area contributed by atoms with Gasteiger partial charge in [-0.05, 0) is 45.0 Å². The van der Waals surface area contributed by atoms with E-state index in [9.17, 15) is 0 Å². The van der Waals surface area contributed by atoms with Crippen molar-refractivity contribution in [3.8, 4) is 0 Å². The Bertz CT molecular complexity index is 336. The summed E-state index contributed by atoms with van der Waals surface area (Å²) in [6.45, 7) is 4.61. The number of rotatable bonds is 6. The van der Waals surface area contributed by atoms with Crippen molar-refractivity contribution in [3.63, 3.8) is 0 Å². The molecule has 1 aromatic heterocycles. The molecule has 4 N–H and O–H groups in total. The van der Waals surface area contributed by atoms with Gasteiger partial charge in [0, 0.05) is 12.7 Å². The van der Waals surface area contributed by atoms with Gasteiger partial charge in [-0.25, -0.2) is 10.8 Å². The molecule has 0 amide bonds. The Morgan fingerprint density at radius 1 is 1.35 bits per heavy atom. The number of nitrogens with two attached hydrogens (primary N) is 1. The molecule has 0 aliphatic carbocycles. The number of hydrazine groups is 1. The molecular formula is C11H20N6. The molecule has 0 bridgehead atoms. The highest BCUT2D eigenvalue weighted by Crippen LogP contribution is 2.08. The fourth-order valence-electron chi connectivity index (χ4n) is 2.05. The minimum absolute atomic E-state index is 0.439. The van der Waals surface area contributed by atoms with E-state index in [1.54, 1.807) is 6.20 Å². The Morgan fingerprint density at radius 2 is 2.18 bits per heavy atom. The molecule has 1 fully saturated rings. The lowest BCUT2D eigenvalue weighted by Crippen LogP contribution is -2.22. The fraction of sp³-hybridized carbons (Fsp3) is 0.636. The third-order valence-corrected chi connectivity index (χ3v) is 2.94. The van der Waals surface area contributed by atoms with Crippen LogP contribution in [0.4, 0.5) is 11.8 Å². The van der Waals surface area contributed by atoms with Crippen molar-refractivity contribution in [3.05, 3.63) is 12.3 Å². The Labute approximate surface area is 102 Å². The number of nitrogen functional groups attached to an aromatic ring is 1. The molecule has 0 unspecified atom stereocenters. The summed E-state index contributed by atoms with van der Waals surface area (Å²) < 4.78 is 0. The number of aromatic nitrogens is 2. The lowest BCUT2D eigenvalue weighted by molar-refractivity contribution is 0.337. The standard InChI is InChI=1S/C11H20N6/c12-16-11-14-6-4-10(15-11)13-5-3-9-17-7-1-2-8-17/h4,6H,1-3,5,7-9,12H2,(H2,13,14,15,16). The maximum Gasteiger partial charge on any atom is 0.239 e. The number of anilines is 2. The second kappa shape index (κ2) is 6.36. The molecule has 1 aromatic rings. The third kappa shape index (κ3) is 3.83. The van der Waals surface area contributed by atoms with Gasteiger partial charge in [-0.2, -0.15) is 4.98 Å². The zero-order valence-electron chi connectivity index (χ0n) is 10.0. The highest BCUT2D eigenvalue weighted by atomic mass is 15.3. The Kier molecular flexibility index (Phi) is 4.52. The molecule has 0 spiro atoms. The molecular weight excluding hydrogens is 216 g/mol. The summed E-state index contributed by atoms with van der Waals surface area (Å²) in [5.41, 5.74) is 2.43. The van der Waals surface area contributed by atoms with E-state index in [1.165, 1.54) is 32.5 Å². The maximum atomic E-state index is 5.25. The van der Waals surface area contributed by atoms with Crippen LogP contribution in [0, 0.1) is 0 Å². The van der Waals surface area contributed by atoms with Crippen LogP contribution in [0.25, 0.3) is 0 Å². The molecule has 1 saturated heterocycles. The molecule has 94 valence electrons. The summed E-state index contributed by atoms with van der Waals surface area (Å²) >= 11 is 0. The first-order valence-electron chi connectivity index (χ1n) is 6.14. The monoisotopic (exact) mass is 236 g/mol. The molecule has 0 aromatic carbocycles. The van der Waals surface area contributed by atoms with Gasteiger partial charge in [0.2, 0.25) is 5.95 Å². The molecule has 1 aliphatic rings. The molecule has 17 heavy (non-hydrogen) atoms. The third-order valence-electron chi connectivity index (χ3n) is 2.94. The van der Waals surface area contributed by atoms with Gasteiger partial charge in [0.05, 0.1) is 0 Å². The lowest BCUT2D eigenvalue weighted by atomic mass is 10.4. The van der Waals surface area contributed by atoms with Crippen LogP contribution in [-0.4, -0.2) is 41.0 Å². The number of hydrogen-bond donors (Lipinski definition) is 3. The van der Waals surface area contributed by atoms with Crippen LogP contribution >= 0.6 is 0 Å². The summed E-state index contributed by atoms with van der Waals surface area (Å²) in [5, 5.41) is 3.27. The Hall–Kier alpha value is -1.40. The maximum absolute atomic E-state index is 5.25. The topological polar surface area (TPSA) is 79.1 Å². The van der Waals surface area contributed by atoms with Gasteiger partial charge >= 0.3 is 0 Å². The quantitative estimate of drug-likeness (QED) is 0.382. The first kappa shape index (κ1) is 12.1. The SMILES string of the molecule is NNc1nccc(NCCCN2CCCC2)n1. The second-order valence-corrected chi connectivity index (χ2v) is 4.24. The van der Waals surface area contributed by atoms with Gasteiger partial charge in [-0.1, -0.05) is 0 Å². The van der Waals surface area contributed by atoms with E-state index in [-0.39, 0.29) is 0 Å². The number of hydrogen-bond acceptors (Lipinski definition) is 6. The number of likely N-dealkylation sites (tertiary alicyclic amines) is 1. The van der Waals surface area contributed by atoms with E-state index in [2.05, 4.69) is 25.6 Å². The van der Waals surface area contributed by atoms with Crippen molar-refractivity contribution in [2.45, 2.75) is 19.3 Å². The predicted octanol–water partition coefficient (Wildman–Crippen LogP) is 0.660. The first-order chi connectivity index (χ1) is 8.38. The van der Waals surface area contributed by atoms with Gasteiger partial charge in [0.15, 0.2) is 0 Å². The van der Waals surface area contributed by atoms with Crippen LogP contribution in [0.3, 0.4) is 0 Å². The van der Waals surface area contributed by atoms with Gasteiger partial charge < -0.3 is 10.2 Å². The van der Waals surface area contributed by atoms with E-state index < -0.39 is 0 Å². The predicted molar refractivity (Wildman–Crippen MR) is 68.6 cm³/mol. The zero-order valence-corrected chi connectivity index (χ0v) is 10.0. The largest absolute Gasteiger partial charge is 0.370 e. The summed E-state index contributed by atoms with van der Waals surface area (Å²) in [5.74, 6) is 6.50. The number of nitrogens with one attached hydrogen (secondary N) is 2. The summed E-state index contributed by atoms with van der Waals surface area (Å²) in [6, 6.07) is 1.84. The minimum atomic E-state index is 0.439. The van der Waals surface area contributed by atoms with Gasteiger partial charge in [0.25, 0.3) is 0 Å². The van der Waals surface area contributed by atoms with E-state index in [1.807, 2.05) is 6.07 Å². The molecule has 0 saturated carbocycles. The van der Waals surface area contributed by atoms with E-state index in [4.69, 9.17) is 5.84 Å². The van der Waals surface area contributed by atoms with Crippen molar-refractivity contribution < 1.29 is 0 Å². The minimum Gasteiger partial charge on any atom is -0.370 e. The van der Waals surface area contributed by atoms with Crippen molar-refractivity contribution in [1.82, 2.24) is 14.9 Å². The van der Waals surface area contributed by atoms with Crippen molar-refractivity contribution in [2.24, 2.45) is 5.84 Å². The zero-order chi connectivity index (χ0) is 11.9. The summed E-state index contributed by atoms with van der Waals surface area (Å²) in [4.78, 5) is 10.7. The summed E-state index contributed by atoms with van der Waals surface area (Å²) in [7, 11) is 0. The lowest BCUT2D eigenvalue weighted by Gasteiger charge is -2.14. The van der Waals surface area contributed by atoms with Crippen molar-refractivity contribution in [1.29, 1.82) is 0 Å². The van der Waals surface area contributed by atoms with Crippen molar-refractivity contribution >= 4 is 11.8 Å². The van der Waals surface area contributed by atoms with E-state index >= 15 is 0 Å². The van der Waals surface area contributed by atoms with Crippen LogP contribution in [0.1, 0.15) is 19.3 Å². The molecule has 6 nitrogen and oxygen atoms in total. The Balaban J connectivity index is 1.66. The summed E-state index contributed by atoms with van der Waals surface area (Å²) in [6.07, 6.45) is 5.52. The van der Waals surface area contributed by atoms with Crippen LogP contribution in [0.15, 0.2) is 12.3 Å².